The lowest BCUT2D eigenvalue weighted by Gasteiger charge is -2.10. The number of nitrogens with two attached hydrogens (primary N) is 1. The van der Waals surface area contributed by atoms with Crippen molar-refractivity contribution in [3.63, 3.8) is 0 Å². The molecular formula is C10H5Cl3N4. The monoisotopic (exact) mass is 286 g/mol. The number of nitrogen functional groups attached to an aromatic ring is 1. The van der Waals surface area contributed by atoms with E-state index in [0.717, 1.165) is 0 Å². The van der Waals surface area contributed by atoms with Crippen LogP contribution in [0.2, 0.25) is 15.1 Å². The van der Waals surface area contributed by atoms with Gasteiger partial charge in [0.1, 0.15) is 6.07 Å². The van der Waals surface area contributed by atoms with E-state index in [1.54, 1.807) is 0 Å². The average Bonchev–Trinajstić information content (AvgIpc) is 2.34. The number of aromatic nitrogens is 1. The van der Waals surface area contributed by atoms with E-state index >= 15 is 0 Å². The van der Waals surface area contributed by atoms with Gasteiger partial charge in [0.05, 0.1) is 31.8 Å². The number of pyridine rings is 1. The Hall–Kier alpha value is -1.25. The van der Waals surface area contributed by atoms with Crippen molar-refractivity contribution in [2.45, 2.75) is 0 Å². The molecule has 0 saturated carbocycles. The van der Waals surface area contributed by atoms with Gasteiger partial charge in [-0.15, -0.1) is 0 Å². The Morgan fingerprint density at radius 3 is 2.59 bits per heavy atom. The molecule has 1 aromatic heterocycles. The molecule has 1 aromatic carbocycles. The molecule has 0 atom stereocenters. The number of halogens is 3. The van der Waals surface area contributed by atoms with Crippen LogP contribution in [0.5, 0.6) is 0 Å². The number of anilines is 1. The Morgan fingerprint density at radius 1 is 1.29 bits per heavy atom. The zero-order valence-corrected chi connectivity index (χ0v) is 10.5. The predicted molar refractivity (Wildman–Crippen MR) is 69.3 cm³/mol. The molecule has 0 spiro atoms. The zero-order chi connectivity index (χ0) is 12.6. The van der Waals surface area contributed by atoms with Crippen LogP contribution in [0.4, 0.5) is 5.69 Å². The molecule has 2 rings (SSSR count). The summed E-state index contributed by atoms with van der Waals surface area (Å²) >= 11 is 18.0. The van der Waals surface area contributed by atoms with E-state index in [1.165, 1.54) is 12.3 Å². The molecule has 0 unspecified atom stereocenters. The van der Waals surface area contributed by atoms with Crippen molar-refractivity contribution in [1.82, 2.24) is 4.98 Å². The highest BCUT2D eigenvalue weighted by molar-refractivity contribution is 6.48. The van der Waals surface area contributed by atoms with Gasteiger partial charge < -0.3 is 5.43 Å². The maximum atomic E-state index is 8.94. The molecule has 3 N–H and O–H groups in total. The van der Waals surface area contributed by atoms with Crippen LogP contribution in [0.3, 0.4) is 0 Å². The summed E-state index contributed by atoms with van der Waals surface area (Å²) in [6.07, 6.45) is 1.37. The van der Waals surface area contributed by atoms with Gasteiger partial charge in [0.2, 0.25) is 0 Å². The summed E-state index contributed by atoms with van der Waals surface area (Å²) < 4.78 is 0. The van der Waals surface area contributed by atoms with Crippen LogP contribution >= 0.6 is 34.8 Å². The van der Waals surface area contributed by atoms with Crippen molar-refractivity contribution >= 4 is 51.4 Å². The van der Waals surface area contributed by atoms with Gasteiger partial charge in [-0.3, -0.25) is 10.8 Å². The molecule has 4 nitrogen and oxygen atoms in total. The maximum absolute atomic E-state index is 8.94. The van der Waals surface area contributed by atoms with E-state index in [-0.39, 0.29) is 15.6 Å². The van der Waals surface area contributed by atoms with E-state index in [1.807, 2.05) is 6.07 Å². The molecular weight excluding hydrogens is 282 g/mol. The second kappa shape index (κ2) is 4.55. The molecule has 7 heteroatoms. The number of benzene rings is 1. The van der Waals surface area contributed by atoms with E-state index < -0.39 is 0 Å². The van der Waals surface area contributed by atoms with Gasteiger partial charge >= 0.3 is 0 Å². The summed E-state index contributed by atoms with van der Waals surface area (Å²) in [6, 6.07) is 3.45. The number of hydrazine groups is 1. The van der Waals surface area contributed by atoms with Crippen molar-refractivity contribution < 1.29 is 0 Å². The molecule has 0 amide bonds. The molecule has 0 radical (unpaired) electrons. The van der Waals surface area contributed by atoms with E-state index in [4.69, 9.17) is 45.9 Å². The highest BCUT2D eigenvalue weighted by Crippen LogP contribution is 2.39. The Morgan fingerprint density at radius 2 is 2.00 bits per heavy atom. The van der Waals surface area contributed by atoms with Gasteiger partial charge in [0.25, 0.3) is 0 Å². The van der Waals surface area contributed by atoms with E-state index in [2.05, 4.69) is 10.4 Å². The van der Waals surface area contributed by atoms with Crippen LogP contribution < -0.4 is 11.3 Å². The summed E-state index contributed by atoms with van der Waals surface area (Å²) in [4.78, 5) is 4.07. The lowest BCUT2D eigenvalue weighted by molar-refractivity contribution is 1.31. The second-order valence-corrected chi connectivity index (χ2v) is 4.37. The lowest BCUT2D eigenvalue weighted by Crippen LogP contribution is -2.09. The van der Waals surface area contributed by atoms with Crippen LogP contribution in [-0.2, 0) is 0 Å². The highest BCUT2D eigenvalue weighted by atomic mass is 35.5. The Bertz CT molecular complexity index is 648. The number of nitrogens with zero attached hydrogens (tertiary/aromatic N) is 2. The average molecular weight is 288 g/mol. The summed E-state index contributed by atoms with van der Waals surface area (Å²) in [7, 11) is 0. The van der Waals surface area contributed by atoms with Crippen LogP contribution in [0.1, 0.15) is 5.56 Å². The molecule has 0 bridgehead atoms. The van der Waals surface area contributed by atoms with Gasteiger partial charge in [0.15, 0.2) is 0 Å². The largest absolute Gasteiger partial charge is 0.322 e. The molecule has 17 heavy (non-hydrogen) atoms. The Kier molecular flexibility index (Phi) is 3.27. The molecule has 0 fully saturated rings. The molecule has 0 aliphatic heterocycles. The van der Waals surface area contributed by atoms with Crippen molar-refractivity contribution in [3.8, 4) is 6.07 Å². The minimum absolute atomic E-state index is 0.253. The van der Waals surface area contributed by atoms with Gasteiger partial charge in [-0.05, 0) is 6.07 Å². The Balaban J connectivity index is 3.03. The summed E-state index contributed by atoms with van der Waals surface area (Å²) in [5.41, 5.74) is 3.48. The fraction of sp³-hybridized carbons (Fsp3) is 0. The van der Waals surface area contributed by atoms with Crippen molar-refractivity contribution in [2.75, 3.05) is 5.43 Å². The fourth-order valence-electron chi connectivity index (χ4n) is 1.50. The van der Waals surface area contributed by atoms with Crippen molar-refractivity contribution in [2.24, 2.45) is 5.84 Å². The number of hydrogen-bond donors (Lipinski definition) is 2. The van der Waals surface area contributed by atoms with Gasteiger partial charge in [-0.2, -0.15) is 5.26 Å². The summed E-state index contributed by atoms with van der Waals surface area (Å²) in [6.45, 7) is 0. The molecule has 0 aliphatic rings. The van der Waals surface area contributed by atoms with Crippen molar-refractivity contribution in [1.29, 1.82) is 5.26 Å². The maximum Gasteiger partial charge on any atom is 0.103 e. The standard InChI is InChI=1S/C10H5Cl3N4/c11-5-1-6(12)10-7(8(5)13)9(17-15)4(2-14)3-16-10/h1,3H,15H2,(H,16,17). The number of nitrogens with one attached hydrogen (secondary N) is 1. The summed E-state index contributed by atoms with van der Waals surface area (Å²) in [5.74, 6) is 5.39. The third-order valence-corrected chi connectivity index (χ3v) is 3.33. The fourth-order valence-corrected chi connectivity index (χ4v) is 2.25. The highest BCUT2D eigenvalue weighted by Gasteiger charge is 2.16. The smallest absolute Gasteiger partial charge is 0.103 e. The van der Waals surface area contributed by atoms with Gasteiger partial charge in [0, 0.05) is 11.6 Å². The quantitative estimate of drug-likeness (QED) is 0.479. The van der Waals surface area contributed by atoms with Crippen LogP contribution in [0.25, 0.3) is 10.9 Å². The Labute approximate surface area is 112 Å². The van der Waals surface area contributed by atoms with E-state index in [0.29, 0.717) is 21.6 Å². The first-order valence-electron chi connectivity index (χ1n) is 4.43. The normalized spacial score (nSPS) is 10.3. The number of rotatable bonds is 1. The summed E-state index contributed by atoms with van der Waals surface area (Å²) in [5, 5.41) is 10.3. The number of hydrogen-bond acceptors (Lipinski definition) is 4. The molecule has 0 saturated heterocycles. The van der Waals surface area contributed by atoms with Gasteiger partial charge in [-0.25, -0.2) is 0 Å². The molecule has 0 aliphatic carbocycles. The topological polar surface area (TPSA) is 74.7 Å². The third kappa shape index (κ3) is 1.88. The lowest BCUT2D eigenvalue weighted by atomic mass is 10.1. The van der Waals surface area contributed by atoms with E-state index in [9.17, 15) is 0 Å². The van der Waals surface area contributed by atoms with Crippen molar-refractivity contribution in [3.05, 3.63) is 32.9 Å². The van der Waals surface area contributed by atoms with Crippen LogP contribution in [0.15, 0.2) is 12.3 Å². The molecule has 2 aromatic rings. The van der Waals surface area contributed by atoms with Crippen LogP contribution in [0, 0.1) is 11.3 Å². The van der Waals surface area contributed by atoms with Gasteiger partial charge in [-0.1, -0.05) is 34.8 Å². The first-order chi connectivity index (χ1) is 8.10. The number of nitriles is 1. The zero-order valence-electron chi connectivity index (χ0n) is 8.26. The predicted octanol–water partition coefficient (Wildman–Crippen LogP) is 3.35. The number of fused-ring (bicyclic) bond motifs is 1. The molecule has 86 valence electrons. The first kappa shape index (κ1) is 12.2. The second-order valence-electron chi connectivity index (χ2n) is 3.18. The third-order valence-electron chi connectivity index (χ3n) is 2.25. The SMILES string of the molecule is N#Cc1cnc2c(Cl)cc(Cl)c(Cl)c2c1NN. The molecule has 1 heterocycles. The minimum atomic E-state index is 0.253. The van der Waals surface area contributed by atoms with Crippen LogP contribution in [-0.4, -0.2) is 4.98 Å². The minimum Gasteiger partial charge on any atom is -0.322 e. The first-order valence-corrected chi connectivity index (χ1v) is 5.56.